The summed E-state index contributed by atoms with van der Waals surface area (Å²) in [5.74, 6) is 4.70. The molecule has 3 atom stereocenters. The van der Waals surface area contributed by atoms with E-state index in [-0.39, 0.29) is 31.1 Å². The SMILES string of the molecule is C=CC(=O)SC(C)CSCC(CSCC(C)SC(=O)C=C)SCC(C)SC(=O)C=C. The molecule has 0 aromatic rings. The molecular weight excluding hydrogens is 493 g/mol. The average Bonchev–Trinajstić information content (AvgIpc) is 2.70. The maximum atomic E-state index is 11.5. The van der Waals surface area contributed by atoms with Crippen LogP contribution < -0.4 is 0 Å². The molecule has 0 saturated carbocycles. The van der Waals surface area contributed by atoms with Gasteiger partial charge >= 0.3 is 0 Å². The lowest BCUT2D eigenvalue weighted by atomic mass is 10.5. The first kappa shape index (κ1) is 30.3. The van der Waals surface area contributed by atoms with E-state index >= 15 is 0 Å². The number of hydrogen-bond acceptors (Lipinski definition) is 9. The summed E-state index contributed by atoms with van der Waals surface area (Å²) in [5.41, 5.74) is 0. The van der Waals surface area contributed by atoms with Gasteiger partial charge in [0.2, 0.25) is 15.3 Å². The number of carbonyl (C=O) groups is 3. The van der Waals surface area contributed by atoms with E-state index in [4.69, 9.17) is 0 Å². The van der Waals surface area contributed by atoms with Gasteiger partial charge in [-0.3, -0.25) is 14.4 Å². The van der Waals surface area contributed by atoms with Gasteiger partial charge in [-0.2, -0.15) is 35.3 Å². The van der Waals surface area contributed by atoms with Gasteiger partial charge in [-0.15, -0.1) is 0 Å². The van der Waals surface area contributed by atoms with Crippen molar-refractivity contribution in [3.63, 3.8) is 0 Å². The lowest BCUT2D eigenvalue weighted by Crippen LogP contribution is -2.17. The lowest BCUT2D eigenvalue weighted by molar-refractivity contribution is -0.107. The third-order valence-electron chi connectivity index (χ3n) is 3.33. The van der Waals surface area contributed by atoms with E-state index in [2.05, 4.69) is 40.5 Å². The molecule has 30 heavy (non-hydrogen) atoms. The van der Waals surface area contributed by atoms with E-state index in [9.17, 15) is 14.4 Å². The number of hydrogen-bond donors (Lipinski definition) is 0. The summed E-state index contributed by atoms with van der Waals surface area (Å²) in [6.07, 6.45) is 4.09. The molecule has 9 heteroatoms. The molecule has 3 unspecified atom stereocenters. The van der Waals surface area contributed by atoms with Crippen LogP contribution in [0.4, 0.5) is 0 Å². The Morgan fingerprint density at radius 3 is 1.30 bits per heavy atom. The predicted octanol–water partition coefficient (Wildman–Crippen LogP) is 6.06. The zero-order valence-corrected chi connectivity index (χ0v) is 22.8. The van der Waals surface area contributed by atoms with Crippen LogP contribution in [0.15, 0.2) is 38.0 Å². The molecule has 0 radical (unpaired) electrons. The van der Waals surface area contributed by atoms with Crippen LogP contribution in [0.3, 0.4) is 0 Å². The van der Waals surface area contributed by atoms with Gasteiger partial charge in [-0.1, -0.05) is 75.8 Å². The Balaban J connectivity index is 4.52. The molecule has 0 aliphatic heterocycles. The van der Waals surface area contributed by atoms with Crippen molar-refractivity contribution in [2.75, 3.05) is 28.8 Å². The standard InChI is InChI=1S/C21H32O3S6/c1-7-19(22)28-15(4)10-25-13-18(27-12-17(6)30-21(24)9-3)14-26-11-16(5)29-20(23)8-2/h7-9,15-18H,1-3,10-14H2,4-6H3. The van der Waals surface area contributed by atoms with Crippen LogP contribution in [-0.2, 0) is 14.4 Å². The molecule has 0 aromatic heterocycles. The molecular formula is C21H32O3S6. The third kappa shape index (κ3) is 17.0. The molecule has 0 heterocycles. The summed E-state index contributed by atoms with van der Waals surface area (Å²) in [7, 11) is 0. The summed E-state index contributed by atoms with van der Waals surface area (Å²) >= 11 is 9.59. The monoisotopic (exact) mass is 524 g/mol. The Bertz CT molecular complexity index is 547. The maximum absolute atomic E-state index is 11.5. The van der Waals surface area contributed by atoms with Crippen molar-refractivity contribution in [1.29, 1.82) is 0 Å². The van der Waals surface area contributed by atoms with Crippen molar-refractivity contribution in [2.24, 2.45) is 0 Å². The summed E-state index contributed by atoms with van der Waals surface area (Å²) in [6.45, 7) is 16.7. The van der Waals surface area contributed by atoms with Crippen molar-refractivity contribution in [1.82, 2.24) is 0 Å². The largest absolute Gasteiger partial charge is 0.282 e. The average molecular weight is 525 g/mol. The van der Waals surface area contributed by atoms with Gasteiger partial charge in [0.1, 0.15) is 0 Å². The fourth-order valence-electron chi connectivity index (χ4n) is 1.99. The Hall–Kier alpha value is 0.330. The first-order valence-electron chi connectivity index (χ1n) is 9.47. The summed E-state index contributed by atoms with van der Waals surface area (Å²) < 4.78 is 0. The van der Waals surface area contributed by atoms with Crippen molar-refractivity contribution in [3.05, 3.63) is 38.0 Å². The van der Waals surface area contributed by atoms with Crippen LogP contribution in [0, 0.1) is 0 Å². The normalized spacial score (nSPS) is 14.9. The topological polar surface area (TPSA) is 51.2 Å². The molecule has 170 valence electrons. The van der Waals surface area contributed by atoms with Gasteiger partial charge in [-0.25, -0.2) is 0 Å². The minimum absolute atomic E-state index is 0.0128. The Morgan fingerprint density at radius 2 is 0.967 bits per heavy atom. The van der Waals surface area contributed by atoms with E-state index in [1.807, 2.05) is 35.3 Å². The van der Waals surface area contributed by atoms with Crippen molar-refractivity contribution < 1.29 is 14.4 Å². The quantitative estimate of drug-likeness (QED) is 0.211. The smallest absolute Gasteiger partial charge is 0.211 e. The van der Waals surface area contributed by atoms with Crippen LogP contribution in [-0.4, -0.2) is 65.1 Å². The highest BCUT2D eigenvalue weighted by Crippen LogP contribution is 2.28. The van der Waals surface area contributed by atoms with Crippen LogP contribution in [0.1, 0.15) is 20.8 Å². The van der Waals surface area contributed by atoms with E-state index in [0.717, 1.165) is 28.8 Å². The minimum atomic E-state index is 0.0128. The van der Waals surface area contributed by atoms with Crippen LogP contribution >= 0.6 is 70.6 Å². The molecule has 3 nitrogen and oxygen atoms in total. The number of rotatable bonds is 17. The molecule has 0 rings (SSSR count). The molecule has 0 saturated heterocycles. The molecule has 0 spiro atoms. The van der Waals surface area contributed by atoms with E-state index in [0.29, 0.717) is 5.25 Å². The van der Waals surface area contributed by atoms with Gasteiger partial charge in [0.15, 0.2) is 0 Å². The molecule has 0 amide bonds. The Labute approximate surface area is 207 Å². The molecule has 0 aliphatic rings. The van der Waals surface area contributed by atoms with E-state index in [1.165, 1.54) is 53.5 Å². The van der Waals surface area contributed by atoms with Gasteiger partial charge < -0.3 is 0 Å². The van der Waals surface area contributed by atoms with Gasteiger partial charge in [0.05, 0.1) is 0 Å². The van der Waals surface area contributed by atoms with E-state index in [1.54, 1.807) is 0 Å². The van der Waals surface area contributed by atoms with Crippen LogP contribution in [0.25, 0.3) is 0 Å². The first-order valence-corrected chi connectivity index (χ1v) is 15.5. The zero-order valence-electron chi connectivity index (χ0n) is 17.9. The Morgan fingerprint density at radius 1 is 0.633 bits per heavy atom. The maximum Gasteiger partial charge on any atom is 0.211 e. The van der Waals surface area contributed by atoms with Crippen molar-refractivity contribution in [3.8, 4) is 0 Å². The highest BCUT2D eigenvalue weighted by atomic mass is 32.2. The fraction of sp³-hybridized carbons (Fsp3) is 0.571. The first-order chi connectivity index (χ1) is 14.2. The highest BCUT2D eigenvalue weighted by molar-refractivity contribution is 8.16. The molecule has 0 bridgehead atoms. The Kier molecular flexibility index (Phi) is 19.1. The number of carbonyl (C=O) groups excluding carboxylic acids is 3. The second-order valence-corrected chi connectivity index (χ2v) is 14.2. The molecule has 0 aromatic carbocycles. The van der Waals surface area contributed by atoms with E-state index < -0.39 is 0 Å². The molecule has 0 N–H and O–H groups in total. The van der Waals surface area contributed by atoms with Crippen molar-refractivity contribution in [2.45, 2.75) is 41.8 Å². The van der Waals surface area contributed by atoms with Gasteiger partial charge in [-0.05, 0) is 18.2 Å². The summed E-state index contributed by atoms with van der Waals surface area (Å²) in [5, 5.41) is 1.23. The molecule has 0 fully saturated rings. The second kappa shape index (κ2) is 18.9. The van der Waals surface area contributed by atoms with Gasteiger partial charge in [0, 0.05) is 49.8 Å². The summed E-state index contributed by atoms with van der Waals surface area (Å²) in [6, 6.07) is 0. The lowest BCUT2D eigenvalue weighted by Gasteiger charge is -2.19. The summed E-state index contributed by atoms with van der Waals surface area (Å²) in [4.78, 5) is 34.5. The fourth-order valence-corrected chi connectivity index (χ4v) is 8.83. The predicted molar refractivity (Wildman–Crippen MR) is 148 cm³/mol. The molecule has 0 aliphatic carbocycles. The minimum Gasteiger partial charge on any atom is -0.282 e. The van der Waals surface area contributed by atoms with Crippen LogP contribution in [0.5, 0.6) is 0 Å². The zero-order chi connectivity index (χ0) is 22.9. The second-order valence-electron chi connectivity index (χ2n) is 6.39. The van der Waals surface area contributed by atoms with Crippen LogP contribution in [0.2, 0.25) is 0 Å². The highest BCUT2D eigenvalue weighted by Gasteiger charge is 2.16. The third-order valence-corrected chi connectivity index (χ3v) is 11.5. The van der Waals surface area contributed by atoms with Crippen molar-refractivity contribution >= 4 is 85.9 Å². The van der Waals surface area contributed by atoms with Gasteiger partial charge in [0.25, 0.3) is 0 Å². The number of thioether (sulfide) groups is 6.